The molecule has 0 spiro atoms. The molecule has 0 aliphatic carbocycles. The molecule has 0 bridgehead atoms. The van der Waals surface area contributed by atoms with Crippen molar-refractivity contribution in [2.45, 2.75) is 40.3 Å². The number of aromatic nitrogens is 2. The van der Waals surface area contributed by atoms with Crippen molar-refractivity contribution in [3.05, 3.63) is 82.4 Å². The molecule has 3 aromatic rings. The molecule has 8 heteroatoms. The van der Waals surface area contributed by atoms with E-state index in [1.807, 2.05) is 13.8 Å². The van der Waals surface area contributed by atoms with Gasteiger partial charge in [0.2, 0.25) is 0 Å². The molecule has 2 aromatic carbocycles. The first-order valence-electron chi connectivity index (χ1n) is 11.6. The summed E-state index contributed by atoms with van der Waals surface area (Å²) in [6.07, 6.45) is 0.729. The van der Waals surface area contributed by atoms with Crippen LogP contribution >= 0.6 is 0 Å². The zero-order valence-corrected chi connectivity index (χ0v) is 19.7. The maximum atomic E-state index is 14.4. The maximum absolute atomic E-state index is 14.4. The molecule has 1 aliphatic heterocycles. The summed E-state index contributed by atoms with van der Waals surface area (Å²) in [4.78, 5) is 17.0. The maximum Gasteiger partial charge on any atom is 0.260 e. The highest BCUT2D eigenvalue weighted by Gasteiger charge is 2.29. The average molecular weight is 471 g/mol. The Morgan fingerprint density at radius 1 is 1.12 bits per heavy atom. The van der Waals surface area contributed by atoms with Crippen LogP contribution in [0.2, 0.25) is 0 Å². The molecule has 5 nitrogen and oxygen atoms in total. The minimum absolute atomic E-state index is 0.0760. The van der Waals surface area contributed by atoms with Gasteiger partial charge < -0.3 is 4.90 Å². The van der Waals surface area contributed by atoms with E-state index in [0.717, 1.165) is 42.9 Å². The highest BCUT2D eigenvalue weighted by molar-refractivity contribution is 5.94. The minimum atomic E-state index is -0.886. The minimum Gasteiger partial charge on any atom is -0.332 e. The van der Waals surface area contributed by atoms with Crippen molar-refractivity contribution >= 4 is 5.91 Å². The average Bonchev–Trinajstić information content (AvgIpc) is 3.15. The van der Waals surface area contributed by atoms with Gasteiger partial charge in [-0.15, -0.1) is 0 Å². The van der Waals surface area contributed by atoms with Gasteiger partial charge in [-0.25, -0.2) is 17.9 Å². The van der Waals surface area contributed by atoms with E-state index in [1.54, 1.807) is 16.8 Å². The summed E-state index contributed by atoms with van der Waals surface area (Å²) in [5, 5.41) is 4.78. The summed E-state index contributed by atoms with van der Waals surface area (Å²) in [6, 6.07) is 9.64. The van der Waals surface area contributed by atoms with Crippen molar-refractivity contribution in [1.29, 1.82) is 0 Å². The fraction of sp³-hybridized carbons (Fsp3) is 0.385. The van der Waals surface area contributed by atoms with Gasteiger partial charge in [0.1, 0.15) is 23.0 Å². The van der Waals surface area contributed by atoms with Crippen LogP contribution in [0.5, 0.6) is 0 Å². The lowest BCUT2D eigenvalue weighted by atomic mass is 10.0. The summed E-state index contributed by atoms with van der Waals surface area (Å²) in [5.74, 6) is -2.76. The number of nitrogens with zero attached hydrogens (tertiary/aromatic N) is 4. The number of hydrogen-bond donors (Lipinski definition) is 0. The van der Waals surface area contributed by atoms with Crippen LogP contribution in [-0.4, -0.2) is 45.1 Å². The van der Waals surface area contributed by atoms with E-state index >= 15 is 0 Å². The SMILES string of the molecule is CCN1CCc2c(c(CN(CC(C)C)C(=O)c3c(F)cccc3F)nn2-c2cccc(F)c2)C1. The van der Waals surface area contributed by atoms with Crippen molar-refractivity contribution in [2.75, 3.05) is 19.6 Å². The summed E-state index contributed by atoms with van der Waals surface area (Å²) in [5.41, 5.74) is 2.65. The Labute approximate surface area is 197 Å². The first-order chi connectivity index (χ1) is 16.3. The van der Waals surface area contributed by atoms with Crippen molar-refractivity contribution in [2.24, 2.45) is 5.92 Å². The number of hydrogen-bond acceptors (Lipinski definition) is 3. The van der Waals surface area contributed by atoms with Gasteiger partial charge in [0.15, 0.2) is 0 Å². The molecule has 0 N–H and O–H groups in total. The molecule has 1 amide bonds. The number of fused-ring (bicyclic) bond motifs is 1. The second-order valence-corrected chi connectivity index (χ2v) is 9.06. The molecule has 0 saturated carbocycles. The third-order valence-corrected chi connectivity index (χ3v) is 6.11. The smallest absolute Gasteiger partial charge is 0.260 e. The fourth-order valence-electron chi connectivity index (χ4n) is 4.46. The van der Waals surface area contributed by atoms with Crippen molar-refractivity contribution in [3.63, 3.8) is 0 Å². The molecular weight excluding hydrogens is 441 g/mol. The molecule has 34 heavy (non-hydrogen) atoms. The standard InChI is InChI=1S/C26H29F3N4O/c1-4-31-12-11-24-20(15-31)23(30-33(24)19-8-5-7-18(27)13-19)16-32(14-17(2)3)26(34)25-21(28)9-6-10-22(25)29/h5-10,13,17H,4,11-12,14-16H2,1-3H3. The van der Waals surface area contributed by atoms with Gasteiger partial charge in [-0.1, -0.05) is 32.9 Å². The van der Waals surface area contributed by atoms with E-state index in [1.165, 1.54) is 23.1 Å². The first kappa shape index (κ1) is 24.0. The fourth-order valence-corrected chi connectivity index (χ4v) is 4.46. The Hall–Kier alpha value is -3.13. The largest absolute Gasteiger partial charge is 0.332 e. The van der Waals surface area contributed by atoms with E-state index in [9.17, 15) is 18.0 Å². The van der Waals surface area contributed by atoms with E-state index in [0.29, 0.717) is 24.5 Å². The van der Waals surface area contributed by atoms with Gasteiger partial charge in [-0.3, -0.25) is 9.69 Å². The van der Waals surface area contributed by atoms with Gasteiger partial charge in [0, 0.05) is 31.6 Å². The van der Waals surface area contributed by atoms with Gasteiger partial charge in [0.25, 0.3) is 5.91 Å². The van der Waals surface area contributed by atoms with Crippen LogP contribution in [0.3, 0.4) is 0 Å². The highest BCUT2D eigenvalue weighted by Crippen LogP contribution is 2.27. The highest BCUT2D eigenvalue weighted by atomic mass is 19.1. The van der Waals surface area contributed by atoms with Crippen molar-refractivity contribution in [1.82, 2.24) is 19.6 Å². The molecule has 180 valence electrons. The quantitative estimate of drug-likeness (QED) is 0.490. The molecule has 0 fully saturated rings. The lowest BCUT2D eigenvalue weighted by Crippen LogP contribution is -2.36. The Bertz CT molecular complexity index is 1170. The van der Waals surface area contributed by atoms with Gasteiger partial charge in [-0.2, -0.15) is 5.10 Å². The number of rotatable bonds is 7. The van der Waals surface area contributed by atoms with Crippen molar-refractivity contribution < 1.29 is 18.0 Å². The summed E-state index contributed by atoms with van der Waals surface area (Å²) < 4.78 is 44.5. The predicted octanol–water partition coefficient (Wildman–Crippen LogP) is 4.97. The lowest BCUT2D eigenvalue weighted by Gasteiger charge is -2.28. The Morgan fingerprint density at radius 2 is 1.82 bits per heavy atom. The third kappa shape index (κ3) is 4.87. The van der Waals surface area contributed by atoms with E-state index < -0.39 is 23.1 Å². The van der Waals surface area contributed by atoms with Crippen LogP contribution < -0.4 is 0 Å². The second kappa shape index (κ2) is 10.0. The van der Waals surface area contributed by atoms with Crippen LogP contribution in [0, 0.1) is 23.4 Å². The summed E-state index contributed by atoms with van der Waals surface area (Å²) in [7, 11) is 0. The van der Waals surface area contributed by atoms with E-state index in [4.69, 9.17) is 5.10 Å². The zero-order valence-electron chi connectivity index (χ0n) is 19.7. The number of amides is 1. The number of benzene rings is 2. The van der Waals surface area contributed by atoms with Crippen LogP contribution in [0.4, 0.5) is 13.2 Å². The topological polar surface area (TPSA) is 41.4 Å². The first-order valence-corrected chi connectivity index (χ1v) is 11.6. The lowest BCUT2D eigenvalue weighted by molar-refractivity contribution is 0.0709. The number of carbonyl (C=O) groups excluding carboxylic acids is 1. The molecular formula is C26H29F3N4O. The normalized spacial score (nSPS) is 13.9. The van der Waals surface area contributed by atoms with Gasteiger partial charge >= 0.3 is 0 Å². The second-order valence-electron chi connectivity index (χ2n) is 9.06. The number of likely N-dealkylation sites (N-methyl/N-ethyl adjacent to an activating group) is 1. The van der Waals surface area contributed by atoms with Gasteiger partial charge in [-0.05, 0) is 42.8 Å². The predicted molar refractivity (Wildman–Crippen MR) is 124 cm³/mol. The third-order valence-electron chi connectivity index (χ3n) is 6.11. The Morgan fingerprint density at radius 3 is 2.47 bits per heavy atom. The molecule has 0 atom stereocenters. The van der Waals surface area contributed by atoms with Crippen LogP contribution in [0.1, 0.15) is 48.1 Å². The van der Waals surface area contributed by atoms with Crippen LogP contribution in [0.25, 0.3) is 5.69 Å². The molecule has 0 radical (unpaired) electrons. The number of carbonyl (C=O) groups is 1. The Balaban J connectivity index is 1.76. The molecule has 1 aromatic heterocycles. The molecule has 4 rings (SSSR count). The molecule has 2 heterocycles. The molecule has 0 unspecified atom stereocenters. The number of halogens is 3. The van der Waals surface area contributed by atoms with Gasteiger partial charge in [0.05, 0.1) is 23.6 Å². The zero-order chi connectivity index (χ0) is 24.4. The van der Waals surface area contributed by atoms with Crippen LogP contribution in [0.15, 0.2) is 42.5 Å². The monoisotopic (exact) mass is 470 g/mol. The molecule has 0 saturated heterocycles. The van der Waals surface area contributed by atoms with E-state index in [2.05, 4.69) is 11.8 Å². The summed E-state index contributed by atoms with van der Waals surface area (Å²) in [6.45, 7) is 8.73. The molecule has 1 aliphatic rings. The summed E-state index contributed by atoms with van der Waals surface area (Å²) >= 11 is 0. The van der Waals surface area contributed by atoms with Crippen LogP contribution in [-0.2, 0) is 19.5 Å². The van der Waals surface area contributed by atoms with Crippen molar-refractivity contribution in [3.8, 4) is 5.69 Å². The van der Waals surface area contributed by atoms with E-state index in [-0.39, 0.29) is 18.3 Å². The Kier molecular flexibility index (Phi) is 7.07.